The van der Waals surface area contributed by atoms with Crippen molar-refractivity contribution >= 4 is 29.7 Å². The number of thiophene rings is 1. The summed E-state index contributed by atoms with van der Waals surface area (Å²) in [6.07, 6.45) is 3.21. The van der Waals surface area contributed by atoms with Gasteiger partial charge in [0.15, 0.2) is 0 Å². The molecule has 1 aliphatic rings. The minimum atomic E-state index is 0. The fraction of sp³-hybridized carbons (Fsp3) is 0.615. The lowest BCUT2D eigenvalue weighted by molar-refractivity contribution is 0.0702. The van der Waals surface area contributed by atoms with Crippen LogP contribution >= 0.6 is 23.7 Å². The smallest absolute Gasteiger partial charge is 0.264 e. The summed E-state index contributed by atoms with van der Waals surface area (Å²) in [5.41, 5.74) is 1.19. The fourth-order valence-corrected chi connectivity index (χ4v) is 3.30. The van der Waals surface area contributed by atoms with Crippen LogP contribution in [0.15, 0.2) is 11.4 Å². The molecule has 1 amide bonds. The number of halogens is 1. The number of aryl methyl sites for hydroxylation is 1. The third-order valence-electron chi connectivity index (χ3n) is 3.44. The molecule has 1 N–H and O–H groups in total. The molecule has 0 aliphatic carbocycles. The number of carbonyl (C=O) groups excluding carboxylic acids is 1. The van der Waals surface area contributed by atoms with Gasteiger partial charge in [-0.1, -0.05) is 6.92 Å². The molecule has 0 spiro atoms. The number of likely N-dealkylation sites (N-methyl/N-ethyl adjacent to an activating group) is 1. The quantitative estimate of drug-likeness (QED) is 0.927. The van der Waals surface area contributed by atoms with Crippen molar-refractivity contribution in [3.8, 4) is 0 Å². The summed E-state index contributed by atoms with van der Waals surface area (Å²) in [6.45, 7) is 3.85. The number of rotatable bonds is 3. The summed E-state index contributed by atoms with van der Waals surface area (Å²) in [5.74, 6) is 0.219. The van der Waals surface area contributed by atoms with Crippen molar-refractivity contribution in [2.75, 3.05) is 20.1 Å². The Labute approximate surface area is 119 Å². The SMILES string of the molecule is CCc1ccsc1C(=O)N1CCCC(NC)C1.Cl. The predicted molar refractivity (Wildman–Crippen MR) is 78.9 cm³/mol. The van der Waals surface area contributed by atoms with Crippen LogP contribution in [0, 0.1) is 0 Å². The molecule has 1 unspecified atom stereocenters. The number of nitrogens with zero attached hydrogens (tertiary/aromatic N) is 1. The van der Waals surface area contributed by atoms with E-state index in [4.69, 9.17) is 0 Å². The summed E-state index contributed by atoms with van der Waals surface area (Å²) < 4.78 is 0. The molecule has 2 heterocycles. The van der Waals surface area contributed by atoms with Crippen molar-refractivity contribution in [2.45, 2.75) is 32.2 Å². The van der Waals surface area contributed by atoms with Crippen molar-refractivity contribution in [1.82, 2.24) is 10.2 Å². The molecular weight excluding hydrogens is 268 g/mol. The highest BCUT2D eigenvalue weighted by Crippen LogP contribution is 2.21. The molecule has 0 radical (unpaired) electrons. The molecule has 1 fully saturated rings. The van der Waals surface area contributed by atoms with Gasteiger partial charge in [-0.25, -0.2) is 0 Å². The van der Waals surface area contributed by atoms with Gasteiger partial charge in [-0.05, 0) is 43.3 Å². The van der Waals surface area contributed by atoms with Gasteiger partial charge in [0.25, 0.3) is 5.91 Å². The van der Waals surface area contributed by atoms with E-state index in [9.17, 15) is 4.79 Å². The van der Waals surface area contributed by atoms with Crippen LogP contribution in [0.5, 0.6) is 0 Å². The first kappa shape index (κ1) is 15.5. The van der Waals surface area contributed by atoms with Crippen LogP contribution in [-0.2, 0) is 6.42 Å². The molecule has 18 heavy (non-hydrogen) atoms. The second-order valence-electron chi connectivity index (χ2n) is 4.51. The highest BCUT2D eigenvalue weighted by molar-refractivity contribution is 7.12. The Morgan fingerprint density at radius 3 is 3.06 bits per heavy atom. The Hall–Kier alpha value is -0.580. The van der Waals surface area contributed by atoms with E-state index < -0.39 is 0 Å². The van der Waals surface area contributed by atoms with E-state index in [-0.39, 0.29) is 18.3 Å². The Balaban J connectivity index is 0.00000162. The normalized spacial score (nSPS) is 19.4. The maximum atomic E-state index is 12.4. The molecule has 1 saturated heterocycles. The Morgan fingerprint density at radius 1 is 1.61 bits per heavy atom. The van der Waals surface area contributed by atoms with Crippen LogP contribution in [0.3, 0.4) is 0 Å². The van der Waals surface area contributed by atoms with E-state index in [0.717, 1.165) is 30.8 Å². The zero-order valence-electron chi connectivity index (χ0n) is 10.9. The van der Waals surface area contributed by atoms with Crippen LogP contribution in [0.1, 0.15) is 35.0 Å². The molecule has 1 aromatic heterocycles. The maximum absolute atomic E-state index is 12.4. The van der Waals surface area contributed by atoms with Crippen LogP contribution in [0.4, 0.5) is 0 Å². The van der Waals surface area contributed by atoms with Gasteiger partial charge < -0.3 is 10.2 Å². The largest absolute Gasteiger partial charge is 0.336 e. The van der Waals surface area contributed by atoms with Gasteiger partial charge in [0.2, 0.25) is 0 Å². The molecule has 1 aliphatic heterocycles. The topological polar surface area (TPSA) is 32.3 Å². The van der Waals surface area contributed by atoms with Crippen molar-refractivity contribution in [1.29, 1.82) is 0 Å². The Bertz CT molecular complexity index is 394. The molecule has 102 valence electrons. The van der Waals surface area contributed by atoms with Gasteiger partial charge in [-0.15, -0.1) is 23.7 Å². The number of hydrogen-bond acceptors (Lipinski definition) is 3. The van der Waals surface area contributed by atoms with Crippen LogP contribution in [0.2, 0.25) is 0 Å². The molecule has 5 heteroatoms. The standard InChI is InChI=1S/C13H20N2OS.ClH/c1-3-10-6-8-17-12(10)13(16)15-7-4-5-11(9-15)14-2;/h6,8,11,14H,3-5,7,9H2,1-2H3;1H. The number of nitrogens with one attached hydrogen (secondary N) is 1. The maximum Gasteiger partial charge on any atom is 0.264 e. The number of amides is 1. The highest BCUT2D eigenvalue weighted by atomic mass is 35.5. The van der Waals surface area contributed by atoms with Crippen molar-refractivity contribution in [2.24, 2.45) is 0 Å². The van der Waals surface area contributed by atoms with Gasteiger partial charge in [0.05, 0.1) is 4.88 Å². The van der Waals surface area contributed by atoms with Crippen molar-refractivity contribution in [3.63, 3.8) is 0 Å². The van der Waals surface area contributed by atoms with Gasteiger partial charge in [-0.3, -0.25) is 4.79 Å². The molecule has 0 bridgehead atoms. The Morgan fingerprint density at radius 2 is 2.39 bits per heavy atom. The van der Waals surface area contributed by atoms with Crippen LogP contribution < -0.4 is 5.32 Å². The number of likely N-dealkylation sites (tertiary alicyclic amines) is 1. The lowest BCUT2D eigenvalue weighted by atomic mass is 10.1. The van der Waals surface area contributed by atoms with E-state index >= 15 is 0 Å². The van der Waals surface area contributed by atoms with Gasteiger partial charge in [0.1, 0.15) is 0 Å². The summed E-state index contributed by atoms with van der Waals surface area (Å²) in [4.78, 5) is 15.3. The number of hydrogen-bond donors (Lipinski definition) is 1. The molecule has 0 saturated carbocycles. The van der Waals surface area contributed by atoms with Crippen molar-refractivity contribution in [3.05, 3.63) is 21.9 Å². The third-order valence-corrected chi connectivity index (χ3v) is 4.38. The second-order valence-corrected chi connectivity index (χ2v) is 5.42. The van der Waals surface area contributed by atoms with Crippen LogP contribution in [0.25, 0.3) is 0 Å². The van der Waals surface area contributed by atoms with Gasteiger partial charge in [0, 0.05) is 19.1 Å². The van der Waals surface area contributed by atoms with Crippen LogP contribution in [-0.4, -0.2) is 37.0 Å². The number of piperidine rings is 1. The molecule has 0 aromatic carbocycles. The average molecular weight is 289 g/mol. The first-order valence-corrected chi connectivity index (χ1v) is 7.17. The predicted octanol–water partition coefficient (Wildman–Crippen LogP) is 2.56. The van der Waals surface area contributed by atoms with Gasteiger partial charge >= 0.3 is 0 Å². The van der Waals surface area contributed by atoms with E-state index in [1.165, 1.54) is 12.0 Å². The lowest BCUT2D eigenvalue weighted by Crippen LogP contribution is -2.46. The highest BCUT2D eigenvalue weighted by Gasteiger charge is 2.25. The first-order chi connectivity index (χ1) is 8.26. The van der Waals surface area contributed by atoms with E-state index in [1.807, 2.05) is 17.3 Å². The molecular formula is C13H21ClN2OS. The van der Waals surface area contributed by atoms with E-state index in [0.29, 0.717) is 6.04 Å². The summed E-state index contributed by atoms with van der Waals surface area (Å²) >= 11 is 1.57. The minimum Gasteiger partial charge on any atom is -0.336 e. The first-order valence-electron chi connectivity index (χ1n) is 6.29. The number of carbonyl (C=O) groups is 1. The fourth-order valence-electron chi connectivity index (χ4n) is 2.34. The minimum absolute atomic E-state index is 0. The summed E-state index contributed by atoms with van der Waals surface area (Å²) in [7, 11) is 1.97. The molecule has 1 atom stereocenters. The third kappa shape index (κ3) is 3.25. The molecule has 2 rings (SSSR count). The van der Waals surface area contributed by atoms with E-state index in [2.05, 4.69) is 18.3 Å². The van der Waals surface area contributed by atoms with E-state index in [1.54, 1.807) is 11.3 Å². The van der Waals surface area contributed by atoms with Crippen molar-refractivity contribution < 1.29 is 4.79 Å². The summed E-state index contributed by atoms with van der Waals surface area (Å²) in [5, 5.41) is 5.29. The lowest BCUT2D eigenvalue weighted by Gasteiger charge is -2.32. The molecule has 3 nitrogen and oxygen atoms in total. The molecule has 1 aromatic rings. The second kappa shape index (κ2) is 7.12. The zero-order valence-corrected chi connectivity index (χ0v) is 12.6. The van der Waals surface area contributed by atoms with Gasteiger partial charge in [-0.2, -0.15) is 0 Å². The zero-order chi connectivity index (χ0) is 12.3. The Kier molecular flexibility index (Phi) is 6.12. The monoisotopic (exact) mass is 288 g/mol. The average Bonchev–Trinajstić information content (AvgIpc) is 2.86. The summed E-state index contributed by atoms with van der Waals surface area (Å²) in [6, 6.07) is 2.52.